The van der Waals surface area contributed by atoms with E-state index in [1.807, 2.05) is 0 Å². The highest BCUT2D eigenvalue weighted by atomic mass is 19.1. The summed E-state index contributed by atoms with van der Waals surface area (Å²) in [5.41, 5.74) is 0.0151. The molecule has 0 spiro atoms. The van der Waals surface area contributed by atoms with Crippen molar-refractivity contribution in [2.24, 2.45) is 0 Å². The van der Waals surface area contributed by atoms with Gasteiger partial charge in [-0.3, -0.25) is 0 Å². The average Bonchev–Trinajstić information content (AvgIpc) is 2.51. The molecular formula is C12H15F2NO. The van der Waals surface area contributed by atoms with Gasteiger partial charge in [-0.15, -0.1) is 0 Å². The smallest absolute Gasteiger partial charge is 0.167 e. The molecule has 1 heterocycles. The van der Waals surface area contributed by atoms with Crippen molar-refractivity contribution in [3.05, 3.63) is 29.8 Å². The number of rotatable bonds is 2. The van der Waals surface area contributed by atoms with Gasteiger partial charge in [0.25, 0.3) is 0 Å². The third-order valence-electron chi connectivity index (χ3n) is 2.73. The monoisotopic (exact) mass is 227 g/mol. The lowest BCUT2D eigenvalue weighted by Gasteiger charge is -2.17. The molecule has 2 nitrogen and oxygen atoms in total. The topological polar surface area (TPSA) is 21.3 Å². The summed E-state index contributed by atoms with van der Waals surface area (Å²) in [7, 11) is 0. The fourth-order valence-electron chi connectivity index (χ4n) is 1.94. The lowest BCUT2D eigenvalue weighted by atomic mass is 10.0. The highest BCUT2D eigenvalue weighted by Gasteiger charge is 2.31. The Balaban J connectivity index is 2.05. The van der Waals surface area contributed by atoms with Gasteiger partial charge in [-0.1, -0.05) is 0 Å². The summed E-state index contributed by atoms with van der Waals surface area (Å²) in [4.78, 5) is 0. The predicted octanol–water partition coefficient (Wildman–Crippen LogP) is 2.48. The Kier molecular flexibility index (Phi) is 2.84. The quantitative estimate of drug-likeness (QED) is 0.838. The third-order valence-corrected chi connectivity index (χ3v) is 2.73. The van der Waals surface area contributed by atoms with Crippen LogP contribution in [0.25, 0.3) is 0 Å². The molecular weight excluding hydrogens is 212 g/mol. The van der Waals surface area contributed by atoms with Crippen LogP contribution in [-0.2, 0) is 0 Å². The van der Waals surface area contributed by atoms with Crippen molar-refractivity contribution in [2.45, 2.75) is 31.9 Å². The molecule has 0 aromatic heterocycles. The minimum absolute atomic E-state index is 0.0151. The minimum Gasteiger partial charge on any atom is -0.486 e. The van der Waals surface area contributed by atoms with Crippen LogP contribution in [0.2, 0.25) is 0 Å². The van der Waals surface area contributed by atoms with Crippen molar-refractivity contribution >= 4 is 0 Å². The second-order valence-electron chi connectivity index (χ2n) is 4.78. The molecule has 1 aromatic rings. The largest absolute Gasteiger partial charge is 0.486 e. The number of nitrogens with one attached hydrogen (secondary N) is 1. The third kappa shape index (κ3) is 2.50. The zero-order valence-electron chi connectivity index (χ0n) is 9.39. The summed E-state index contributed by atoms with van der Waals surface area (Å²) < 4.78 is 31.5. The Morgan fingerprint density at radius 2 is 2.12 bits per heavy atom. The van der Waals surface area contributed by atoms with Crippen molar-refractivity contribution in [2.75, 3.05) is 6.54 Å². The summed E-state index contributed by atoms with van der Waals surface area (Å²) in [6.07, 6.45) is 0.749. The molecule has 0 amide bonds. The zero-order chi connectivity index (χ0) is 11.8. The number of hydrogen-bond acceptors (Lipinski definition) is 2. The van der Waals surface area contributed by atoms with E-state index in [2.05, 4.69) is 19.2 Å². The van der Waals surface area contributed by atoms with E-state index in [-0.39, 0.29) is 17.4 Å². The molecule has 88 valence electrons. The van der Waals surface area contributed by atoms with E-state index in [1.54, 1.807) is 0 Å². The molecule has 0 aliphatic carbocycles. The lowest BCUT2D eigenvalue weighted by Crippen LogP contribution is -2.31. The number of halogens is 2. The molecule has 1 aromatic carbocycles. The van der Waals surface area contributed by atoms with Crippen LogP contribution in [0.5, 0.6) is 5.75 Å². The Hall–Kier alpha value is -1.16. The molecule has 4 heteroatoms. The molecule has 1 saturated heterocycles. The van der Waals surface area contributed by atoms with Gasteiger partial charge in [0.05, 0.1) is 0 Å². The van der Waals surface area contributed by atoms with Crippen LogP contribution in [0.4, 0.5) is 8.78 Å². The van der Waals surface area contributed by atoms with E-state index < -0.39 is 11.6 Å². The Bertz CT molecular complexity index is 393. The van der Waals surface area contributed by atoms with Gasteiger partial charge < -0.3 is 10.1 Å². The molecule has 0 bridgehead atoms. The van der Waals surface area contributed by atoms with Crippen LogP contribution in [0.3, 0.4) is 0 Å². The fraction of sp³-hybridized carbons (Fsp3) is 0.500. The van der Waals surface area contributed by atoms with Gasteiger partial charge in [-0.25, -0.2) is 8.78 Å². The van der Waals surface area contributed by atoms with Gasteiger partial charge in [0, 0.05) is 24.6 Å². The highest BCUT2D eigenvalue weighted by molar-refractivity contribution is 5.25. The number of benzene rings is 1. The molecule has 1 atom stereocenters. The van der Waals surface area contributed by atoms with Crippen LogP contribution in [0.15, 0.2) is 18.2 Å². The Morgan fingerprint density at radius 1 is 1.38 bits per heavy atom. The molecule has 1 N–H and O–H groups in total. The van der Waals surface area contributed by atoms with Crippen molar-refractivity contribution in [3.8, 4) is 5.75 Å². The Labute approximate surface area is 93.6 Å². The lowest BCUT2D eigenvalue weighted by molar-refractivity contribution is 0.204. The molecule has 1 fully saturated rings. The highest BCUT2D eigenvalue weighted by Crippen LogP contribution is 2.25. The normalized spacial score (nSPS) is 23.4. The minimum atomic E-state index is -0.648. The molecule has 0 saturated carbocycles. The van der Waals surface area contributed by atoms with Crippen molar-refractivity contribution in [1.29, 1.82) is 0 Å². The van der Waals surface area contributed by atoms with E-state index in [0.717, 1.165) is 12.5 Å². The molecule has 1 aliphatic heterocycles. The van der Waals surface area contributed by atoms with Gasteiger partial charge in [-0.05, 0) is 26.0 Å². The van der Waals surface area contributed by atoms with E-state index in [9.17, 15) is 8.78 Å². The summed E-state index contributed by atoms with van der Waals surface area (Å²) in [5, 5.41) is 3.28. The standard InChI is InChI=1S/C12H15F2NO/c1-12(2)6-9(7-15-12)16-11-4-3-8(13)5-10(11)14/h3-5,9,15H,6-7H2,1-2H3. The summed E-state index contributed by atoms with van der Waals surface area (Å²) in [6, 6.07) is 3.37. The SMILES string of the molecule is CC1(C)CC(Oc2ccc(F)cc2F)CN1. The number of hydrogen-bond donors (Lipinski definition) is 1. The molecule has 0 radical (unpaired) electrons. The van der Waals surface area contributed by atoms with E-state index in [1.165, 1.54) is 12.1 Å². The summed E-state index contributed by atoms with van der Waals surface area (Å²) in [5.74, 6) is -1.12. The van der Waals surface area contributed by atoms with Gasteiger partial charge in [0.1, 0.15) is 11.9 Å². The first-order valence-corrected chi connectivity index (χ1v) is 5.33. The van der Waals surface area contributed by atoms with Crippen molar-refractivity contribution in [3.63, 3.8) is 0 Å². The van der Waals surface area contributed by atoms with Gasteiger partial charge in [0.2, 0.25) is 0 Å². The average molecular weight is 227 g/mol. The first kappa shape index (κ1) is 11.3. The van der Waals surface area contributed by atoms with E-state index in [4.69, 9.17) is 4.74 Å². The van der Waals surface area contributed by atoms with Crippen molar-refractivity contribution < 1.29 is 13.5 Å². The second kappa shape index (κ2) is 4.01. The van der Waals surface area contributed by atoms with Crippen LogP contribution in [0.1, 0.15) is 20.3 Å². The molecule has 16 heavy (non-hydrogen) atoms. The molecule has 1 aliphatic rings. The zero-order valence-corrected chi connectivity index (χ0v) is 9.39. The maximum absolute atomic E-state index is 13.3. The van der Waals surface area contributed by atoms with E-state index in [0.29, 0.717) is 6.54 Å². The summed E-state index contributed by atoms with van der Waals surface area (Å²) >= 11 is 0. The second-order valence-corrected chi connectivity index (χ2v) is 4.78. The summed E-state index contributed by atoms with van der Waals surface area (Å²) in [6.45, 7) is 4.82. The van der Waals surface area contributed by atoms with Gasteiger partial charge in [-0.2, -0.15) is 0 Å². The predicted molar refractivity (Wildman–Crippen MR) is 57.5 cm³/mol. The fourth-order valence-corrected chi connectivity index (χ4v) is 1.94. The van der Waals surface area contributed by atoms with Gasteiger partial charge in [0.15, 0.2) is 11.6 Å². The van der Waals surface area contributed by atoms with Crippen LogP contribution in [0, 0.1) is 11.6 Å². The van der Waals surface area contributed by atoms with Gasteiger partial charge >= 0.3 is 0 Å². The van der Waals surface area contributed by atoms with Crippen LogP contribution in [-0.4, -0.2) is 18.2 Å². The maximum Gasteiger partial charge on any atom is 0.167 e. The number of ether oxygens (including phenoxy) is 1. The Morgan fingerprint density at radius 3 is 2.69 bits per heavy atom. The first-order valence-electron chi connectivity index (χ1n) is 5.33. The molecule has 1 unspecified atom stereocenters. The maximum atomic E-state index is 13.3. The van der Waals surface area contributed by atoms with Crippen molar-refractivity contribution in [1.82, 2.24) is 5.32 Å². The van der Waals surface area contributed by atoms with Crippen LogP contribution >= 0.6 is 0 Å². The van der Waals surface area contributed by atoms with E-state index >= 15 is 0 Å². The molecule has 2 rings (SSSR count). The van der Waals surface area contributed by atoms with Crippen LogP contribution < -0.4 is 10.1 Å². The first-order chi connectivity index (χ1) is 7.46.